The van der Waals surface area contributed by atoms with E-state index in [1.807, 2.05) is 55.3 Å². The molecule has 2 amide bonds. The van der Waals surface area contributed by atoms with Gasteiger partial charge in [0.1, 0.15) is 0 Å². The van der Waals surface area contributed by atoms with Gasteiger partial charge in [0.15, 0.2) is 0 Å². The molecule has 292 valence electrons. The summed E-state index contributed by atoms with van der Waals surface area (Å²) < 4.78 is 10.3. The molecule has 2 aromatic carbocycles. The molecule has 0 radical (unpaired) electrons. The lowest BCUT2D eigenvalue weighted by Gasteiger charge is -2.36. The number of nitrogens with zero attached hydrogens (tertiary/aromatic N) is 4. The standard InChI is InChI=1S/C23H25ClN2O2.C22H24ClN3O2/c1-3-28-23(27)26-10-8-16(9-11-26)21-20-7-6-19(24)13-17(20)4-5-18-12-15(2)14-25-22(18)21;1-2-28-22(27)26-9-7-14(8-10-26)20-19-6-5-17(23)11-15(19)3-4-16-12-18(24)13-25-21(16)20/h4-7,12-14,16,21H,3,8-11H2,1-2H3;3-6,11-14,20H,2,7-10,24H2,1H3. The number of hydrogen-bond donors (Lipinski definition) is 1. The Bertz CT molecular complexity index is 1880. The second kappa shape index (κ2) is 17.5. The number of rotatable bonds is 4. The van der Waals surface area contributed by atoms with Gasteiger partial charge in [-0.2, -0.15) is 0 Å². The number of aromatic nitrogens is 2. The lowest BCUT2D eigenvalue weighted by Crippen LogP contribution is -2.40. The molecule has 0 spiro atoms. The molecule has 0 saturated carbocycles. The Hall–Kier alpha value is -4.86. The molecular weight excluding hydrogens is 745 g/mol. The molecule has 4 aromatic rings. The number of pyridine rings is 2. The lowest BCUT2D eigenvalue weighted by atomic mass is 9.76. The van der Waals surface area contributed by atoms with Gasteiger partial charge in [0.2, 0.25) is 0 Å². The average molecular weight is 795 g/mol. The molecule has 2 saturated heterocycles. The van der Waals surface area contributed by atoms with E-state index in [0.717, 1.165) is 82.5 Å². The van der Waals surface area contributed by atoms with Crippen molar-refractivity contribution in [2.24, 2.45) is 11.8 Å². The summed E-state index contributed by atoms with van der Waals surface area (Å²) >= 11 is 12.5. The van der Waals surface area contributed by atoms with Crippen LogP contribution in [0.2, 0.25) is 10.0 Å². The third-order valence-electron chi connectivity index (χ3n) is 11.4. The van der Waals surface area contributed by atoms with E-state index in [4.69, 9.17) is 48.4 Å². The van der Waals surface area contributed by atoms with Crippen molar-refractivity contribution < 1.29 is 19.1 Å². The molecule has 2 aliphatic carbocycles. The first-order chi connectivity index (χ1) is 27.1. The van der Waals surface area contributed by atoms with Gasteiger partial charge in [0, 0.05) is 54.3 Å². The second-order valence-corrected chi connectivity index (χ2v) is 15.8. The van der Waals surface area contributed by atoms with Gasteiger partial charge < -0.3 is 25.0 Å². The SMILES string of the molecule is CCOC(=O)N1CCC(C2c3ccc(Cl)cc3C=Cc3cc(C)cnc32)CC1.CCOC(=O)N1CCC(C2c3ccc(Cl)cc3C=Cc3cc(N)cnc32)CC1. The summed E-state index contributed by atoms with van der Waals surface area (Å²) in [7, 11) is 0. The van der Waals surface area contributed by atoms with Crippen LogP contribution in [-0.2, 0) is 9.47 Å². The summed E-state index contributed by atoms with van der Waals surface area (Å²) in [6.07, 6.45) is 15.4. The Balaban J connectivity index is 0.000000172. The van der Waals surface area contributed by atoms with Crippen LogP contribution in [0.15, 0.2) is 60.9 Å². The normalized spacial score (nSPS) is 18.9. The largest absolute Gasteiger partial charge is 0.450 e. The number of amides is 2. The number of carbonyl (C=O) groups excluding carboxylic acids is 2. The number of halogens is 2. The minimum atomic E-state index is -0.220. The van der Waals surface area contributed by atoms with Crippen LogP contribution in [0.25, 0.3) is 24.3 Å². The molecule has 2 fully saturated rings. The molecule has 4 heterocycles. The van der Waals surface area contributed by atoms with Gasteiger partial charge in [0.25, 0.3) is 0 Å². The Morgan fingerprint density at radius 3 is 1.55 bits per heavy atom. The van der Waals surface area contributed by atoms with Crippen LogP contribution in [0.4, 0.5) is 15.3 Å². The third kappa shape index (κ3) is 8.59. The Morgan fingerprint density at radius 2 is 1.09 bits per heavy atom. The maximum absolute atomic E-state index is 12.1. The zero-order chi connectivity index (χ0) is 39.3. The summed E-state index contributed by atoms with van der Waals surface area (Å²) in [6, 6.07) is 16.4. The molecule has 2 aliphatic heterocycles. The quantitative estimate of drug-likeness (QED) is 0.219. The average Bonchev–Trinajstić information content (AvgIpc) is 3.45. The van der Waals surface area contributed by atoms with Crippen molar-refractivity contribution in [1.82, 2.24) is 19.8 Å². The first kappa shape index (κ1) is 39.4. The second-order valence-electron chi connectivity index (χ2n) is 14.9. The molecule has 4 aliphatic rings. The Kier molecular flexibility index (Phi) is 12.3. The first-order valence-corrected chi connectivity index (χ1v) is 20.4. The monoisotopic (exact) mass is 793 g/mol. The van der Waals surface area contributed by atoms with Crippen LogP contribution < -0.4 is 5.73 Å². The number of anilines is 1. The van der Waals surface area contributed by atoms with Crippen molar-refractivity contribution in [1.29, 1.82) is 0 Å². The van der Waals surface area contributed by atoms with Crippen LogP contribution in [0, 0.1) is 18.8 Å². The van der Waals surface area contributed by atoms with E-state index in [1.54, 1.807) is 11.1 Å². The summed E-state index contributed by atoms with van der Waals surface area (Å²) in [6.45, 7) is 9.40. The van der Waals surface area contributed by atoms with Crippen LogP contribution in [0.1, 0.15) is 102 Å². The predicted molar refractivity (Wildman–Crippen MR) is 225 cm³/mol. The fourth-order valence-electron chi connectivity index (χ4n) is 8.71. The number of aryl methyl sites for hydroxylation is 1. The van der Waals surface area contributed by atoms with Crippen molar-refractivity contribution in [3.63, 3.8) is 0 Å². The zero-order valence-electron chi connectivity index (χ0n) is 32.2. The Morgan fingerprint density at radius 1 is 0.661 bits per heavy atom. The molecule has 2 unspecified atom stereocenters. The molecule has 2 atom stereocenters. The highest BCUT2D eigenvalue weighted by Gasteiger charge is 2.36. The third-order valence-corrected chi connectivity index (χ3v) is 11.8. The summed E-state index contributed by atoms with van der Waals surface area (Å²) in [5.41, 5.74) is 16.9. The highest BCUT2D eigenvalue weighted by atomic mass is 35.5. The summed E-state index contributed by atoms with van der Waals surface area (Å²) in [5.74, 6) is 1.13. The van der Waals surface area contributed by atoms with Gasteiger partial charge in [-0.1, -0.05) is 59.6 Å². The van der Waals surface area contributed by atoms with Gasteiger partial charge in [-0.25, -0.2) is 9.59 Å². The molecule has 9 nitrogen and oxygen atoms in total. The van der Waals surface area contributed by atoms with Gasteiger partial charge >= 0.3 is 12.2 Å². The summed E-state index contributed by atoms with van der Waals surface area (Å²) in [4.78, 5) is 37.3. The fraction of sp³-hybridized carbons (Fsp3) is 0.378. The van der Waals surface area contributed by atoms with E-state index in [0.29, 0.717) is 43.8 Å². The molecule has 56 heavy (non-hydrogen) atoms. The van der Waals surface area contributed by atoms with E-state index >= 15 is 0 Å². The minimum absolute atomic E-state index is 0.141. The summed E-state index contributed by atoms with van der Waals surface area (Å²) in [5, 5.41) is 1.46. The number of likely N-dealkylation sites (tertiary alicyclic amines) is 2. The minimum Gasteiger partial charge on any atom is -0.450 e. The topological polar surface area (TPSA) is 111 Å². The van der Waals surface area contributed by atoms with Crippen molar-refractivity contribution in [2.75, 3.05) is 45.1 Å². The maximum Gasteiger partial charge on any atom is 0.409 e. The highest BCUT2D eigenvalue weighted by Crippen LogP contribution is 2.45. The molecule has 0 bridgehead atoms. The van der Waals surface area contributed by atoms with E-state index in [9.17, 15) is 9.59 Å². The van der Waals surface area contributed by atoms with Crippen LogP contribution in [0.3, 0.4) is 0 Å². The number of nitrogens with two attached hydrogens (primary N) is 1. The smallest absolute Gasteiger partial charge is 0.409 e. The molecule has 11 heteroatoms. The number of nitrogen functional groups attached to an aromatic ring is 1. The molecule has 2 N–H and O–H groups in total. The molecular formula is C45H49Cl2N5O4. The van der Waals surface area contributed by atoms with Crippen LogP contribution in [0.5, 0.6) is 0 Å². The van der Waals surface area contributed by atoms with Crippen molar-refractivity contribution in [3.8, 4) is 0 Å². The highest BCUT2D eigenvalue weighted by molar-refractivity contribution is 6.31. The number of hydrogen-bond acceptors (Lipinski definition) is 7. The van der Waals surface area contributed by atoms with Crippen molar-refractivity contribution in [3.05, 3.63) is 121 Å². The molecule has 8 rings (SSSR count). The van der Waals surface area contributed by atoms with Gasteiger partial charge in [-0.05, 0) is 134 Å². The van der Waals surface area contributed by atoms with Crippen LogP contribution >= 0.6 is 23.2 Å². The number of fused-ring (bicyclic) bond motifs is 4. The van der Waals surface area contributed by atoms with E-state index in [-0.39, 0.29) is 24.0 Å². The Labute approximate surface area is 339 Å². The van der Waals surface area contributed by atoms with Crippen LogP contribution in [-0.4, -0.2) is 71.3 Å². The van der Waals surface area contributed by atoms with Gasteiger partial charge in [-0.15, -0.1) is 0 Å². The first-order valence-electron chi connectivity index (χ1n) is 19.6. The number of ether oxygens (including phenoxy) is 2. The fourth-order valence-corrected chi connectivity index (χ4v) is 9.07. The van der Waals surface area contributed by atoms with E-state index in [2.05, 4.69) is 49.4 Å². The van der Waals surface area contributed by atoms with Crippen molar-refractivity contribution in [2.45, 2.75) is 58.3 Å². The lowest BCUT2D eigenvalue weighted by molar-refractivity contribution is 0.0893. The van der Waals surface area contributed by atoms with Gasteiger partial charge in [-0.3, -0.25) is 9.97 Å². The maximum atomic E-state index is 12.1. The molecule has 2 aromatic heterocycles. The van der Waals surface area contributed by atoms with E-state index < -0.39 is 0 Å². The zero-order valence-corrected chi connectivity index (χ0v) is 33.7. The van der Waals surface area contributed by atoms with E-state index in [1.165, 1.54) is 16.7 Å². The van der Waals surface area contributed by atoms with Gasteiger partial charge in [0.05, 0.1) is 36.5 Å². The number of benzene rings is 2. The van der Waals surface area contributed by atoms with Crippen molar-refractivity contribution >= 4 is 65.4 Å². The number of carbonyl (C=O) groups is 2. The number of piperidine rings is 2. The predicted octanol–water partition coefficient (Wildman–Crippen LogP) is 10.3.